The summed E-state index contributed by atoms with van der Waals surface area (Å²) in [5.41, 5.74) is 0.393. The first-order valence-electron chi connectivity index (χ1n) is 13.7. The Bertz CT molecular complexity index is 1650. The van der Waals surface area contributed by atoms with Crippen LogP contribution in [0.5, 0.6) is 11.5 Å². The van der Waals surface area contributed by atoms with Crippen LogP contribution in [0.25, 0.3) is 10.2 Å². The van der Waals surface area contributed by atoms with Crippen molar-refractivity contribution in [2.24, 2.45) is 0 Å². The number of carbonyl (C=O) groups is 3. The Kier molecular flexibility index (Phi) is 7.15. The molecular formula is C30H30N6O5S. The number of nitrogens with zero attached hydrogens (tertiary/aromatic N) is 4. The van der Waals surface area contributed by atoms with Crippen LogP contribution in [0.2, 0.25) is 0 Å². The summed E-state index contributed by atoms with van der Waals surface area (Å²) in [6.07, 6.45) is 4.24. The number of pyridine rings is 2. The molecule has 216 valence electrons. The minimum Gasteiger partial charge on any atom is -0.456 e. The first-order chi connectivity index (χ1) is 20.2. The summed E-state index contributed by atoms with van der Waals surface area (Å²) in [5, 5.41) is 6.60. The predicted molar refractivity (Wildman–Crippen MR) is 160 cm³/mol. The zero-order valence-corrected chi connectivity index (χ0v) is 24.2. The number of aromatic nitrogens is 2. The molecule has 3 aromatic heterocycles. The van der Waals surface area contributed by atoms with Gasteiger partial charge in [0.15, 0.2) is 0 Å². The van der Waals surface area contributed by atoms with Gasteiger partial charge in [0.1, 0.15) is 32.6 Å². The van der Waals surface area contributed by atoms with E-state index in [4.69, 9.17) is 9.47 Å². The number of thiophene rings is 1. The van der Waals surface area contributed by atoms with Crippen molar-refractivity contribution in [1.29, 1.82) is 0 Å². The lowest BCUT2D eigenvalue weighted by Crippen LogP contribution is -2.50. The molecule has 2 aliphatic rings. The van der Waals surface area contributed by atoms with Crippen LogP contribution in [0.15, 0.2) is 60.9 Å². The summed E-state index contributed by atoms with van der Waals surface area (Å²) in [5.74, 6) is 1.28. The van der Waals surface area contributed by atoms with E-state index in [1.807, 2.05) is 51.1 Å². The van der Waals surface area contributed by atoms with Crippen molar-refractivity contribution in [1.82, 2.24) is 20.2 Å². The van der Waals surface area contributed by atoms with Crippen LogP contribution in [0.1, 0.15) is 43.3 Å². The first kappa shape index (κ1) is 27.5. The van der Waals surface area contributed by atoms with Gasteiger partial charge in [-0.25, -0.2) is 24.5 Å². The topological polar surface area (TPSA) is 126 Å². The van der Waals surface area contributed by atoms with E-state index in [1.54, 1.807) is 35.5 Å². The van der Waals surface area contributed by atoms with Crippen LogP contribution in [-0.4, -0.2) is 57.6 Å². The maximum atomic E-state index is 13.5. The summed E-state index contributed by atoms with van der Waals surface area (Å²) in [7, 11) is 0. The summed E-state index contributed by atoms with van der Waals surface area (Å²) in [6.45, 7) is 6.39. The molecule has 0 unspecified atom stereocenters. The maximum Gasteiger partial charge on any atom is 0.410 e. The average molecular weight is 587 g/mol. The number of anilines is 3. The molecule has 2 aliphatic heterocycles. The summed E-state index contributed by atoms with van der Waals surface area (Å²) in [4.78, 5) is 52.5. The number of hydrogen-bond acceptors (Lipinski definition) is 8. The zero-order valence-electron chi connectivity index (χ0n) is 23.4. The van der Waals surface area contributed by atoms with Crippen LogP contribution in [-0.2, 0) is 4.74 Å². The molecule has 1 saturated heterocycles. The highest BCUT2D eigenvalue weighted by molar-refractivity contribution is 7.21. The quantitative estimate of drug-likeness (QED) is 0.281. The SMILES string of the molecule is CC(C)(C)OC(=O)N1CCC[C@@H](NC(=O)c2sc3nccc4c3c2NC(=O)N4c2ccc(Oc3ccccc3)cn2)C1. The zero-order chi connectivity index (χ0) is 29.4. The van der Waals surface area contributed by atoms with Gasteiger partial charge in [0, 0.05) is 25.3 Å². The first-order valence-corrected chi connectivity index (χ1v) is 14.5. The second-order valence-electron chi connectivity index (χ2n) is 11.1. The van der Waals surface area contributed by atoms with Gasteiger partial charge in [-0.1, -0.05) is 18.2 Å². The highest BCUT2D eigenvalue weighted by Gasteiger charge is 2.35. The number of hydrogen-bond donors (Lipinski definition) is 2. The van der Waals surface area contributed by atoms with Crippen molar-refractivity contribution in [2.45, 2.75) is 45.3 Å². The number of para-hydroxylation sites is 1. The number of nitrogens with one attached hydrogen (secondary N) is 2. The Morgan fingerprint density at radius 2 is 1.88 bits per heavy atom. The number of piperidine rings is 1. The summed E-state index contributed by atoms with van der Waals surface area (Å²) < 4.78 is 11.3. The normalized spacial score (nSPS) is 16.6. The van der Waals surface area contributed by atoms with E-state index < -0.39 is 17.7 Å². The van der Waals surface area contributed by atoms with Crippen LogP contribution in [0.3, 0.4) is 0 Å². The molecule has 4 amide bonds. The van der Waals surface area contributed by atoms with Crippen molar-refractivity contribution in [3.63, 3.8) is 0 Å². The number of likely N-dealkylation sites (tertiary alicyclic amines) is 1. The molecule has 0 aliphatic carbocycles. The number of ether oxygens (including phenoxy) is 2. The lowest BCUT2D eigenvalue weighted by atomic mass is 10.1. The van der Waals surface area contributed by atoms with E-state index in [2.05, 4.69) is 20.6 Å². The largest absolute Gasteiger partial charge is 0.456 e. The van der Waals surface area contributed by atoms with Crippen LogP contribution in [0.4, 0.5) is 26.8 Å². The van der Waals surface area contributed by atoms with Gasteiger partial charge in [0.2, 0.25) is 0 Å². The Morgan fingerprint density at radius 3 is 2.62 bits per heavy atom. The molecule has 6 rings (SSSR count). The lowest BCUT2D eigenvalue weighted by molar-refractivity contribution is 0.0185. The third-order valence-corrected chi connectivity index (χ3v) is 7.89. The molecule has 0 saturated carbocycles. The minimum absolute atomic E-state index is 0.250. The third-order valence-electron chi connectivity index (χ3n) is 6.79. The Labute approximate surface area is 246 Å². The van der Waals surface area contributed by atoms with Gasteiger partial charge in [-0.05, 0) is 63.9 Å². The summed E-state index contributed by atoms with van der Waals surface area (Å²) in [6, 6.07) is 13.8. The van der Waals surface area contributed by atoms with Gasteiger partial charge in [0.05, 0.1) is 23.0 Å². The molecule has 0 spiro atoms. The smallest absolute Gasteiger partial charge is 0.410 e. The Balaban J connectivity index is 1.22. The molecule has 12 heteroatoms. The van der Waals surface area contributed by atoms with Crippen molar-refractivity contribution < 1.29 is 23.9 Å². The number of rotatable bonds is 5. The standard InChI is InChI=1S/C30H30N6O5S/c1-30(2,3)41-29(39)35-15-7-8-18(17-35)33-26(37)25-24-23-21(13-14-31-27(23)42-25)36(28(38)34-24)22-12-11-20(16-32-22)40-19-9-5-4-6-10-19/h4-6,9-14,16,18H,7-8,15,17H2,1-3H3,(H,33,37)(H,34,38)/t18-/m1/s1. The fraction of sp³-hybridized carbons (Fsp3) is 0.300. The van der Waals surface area contributed by atoms with Crippen molar-refractivity contribution in [3.05, 3.63) is 65.8 Å². The van der Waals surface area contributed by atoms with Gasteiger partial charge in [-0.15, -0.1) is 11.3 Å². The van der Waals surface area contributed by atoms with Crippen LogP contribution in [0, 0.1) is 0 Å². The van der Waals surface area contributed by atoms with E-state index in [0.29, 0.717) is 56.9 Å². The van der Waals surface area contributed by atoms with E-state index in [9.17, 15) is 14.4 Å². The molecule has 1 aromatic carbocycles. The van der Waals surface area contributed by atoms with E-state index >= 15 is 0 Å². The van der Waals surface area contributed by atoms with Crippen LogP contribution < -0.4 is 20.3 Å². The molecule has 0 bridgehead atoms. The van der Waals surface area contributed by atoms with Crippen molar-refractivity contribution in [3.8, 4) is 11.5 Å². The highest BCUT2D eigenvalue weighted by atomic mass is 32.1. The molecule has 2 N–H and O–H groups in total. The molecular weight excluding hydrogens is 556 g/mol. The molecule has 42 heavy (non-hydrogen) atoms. The molecule has 5 heterocycles. The van der Waals surface area contributed by atoms with Crippen molar-refractivity contribution >= 4 is 56.8 Å². The molecule has 1 fully saturated rings. The van der Waals surface area contributed by atoms with Crippen LogP contribution >= 0.6 is 11.3 Å². The molecule has 0 radical (unpaired) electrons. The van der Waals surface area contributed by atoms with E-state index in [-0.39, 0.29) is 11.9 Å². The van der Waals surface area contributed by atoms with Gasteiger partial charge in [-0.3, -0.25) is 4.79 Å². The van der Waals surface area contributed by atoms with Gasteiger partial charge < -0.3 is 25.0 Å². The molecule has 11 nitrogen and oxygen atoms in total. The lowest BCUT2D eigenvalue weighted by Gasteiger charge is -2.34. The van der Waals surface area contributed by atoms with Gasteiger partial charge in [-0.2, -0.15) is 0 Å². The Hall–Kier alpha value is -4.71. The molecule has 1 atom stereocenters. The number of carbonyl (C=O) groups excluding carboxylic acids is 3. The van der Waals surface area contributed by atoms with Crippen molar-refractivity contribution in [2.75, 3.05) is 23.3 Å². The average Bonchev–Trinajstić information content (AvgIpc) is 3.33. The number of urea groups is 1. The highest BCUT2D eigenvalue weighted by Crippen LogP contribution is 2.45. The Morgan fingerprint density at radius 1 is 1.07 bits per heavy atom. The fourth-order valence-electron chi connectivity index (χ4n) is 5.00. The second-order valence-corrected chi connectivity index (χ2v) is 12.1. The van der Waals surface area contributed by atoms with E-state index in [0.717, 1.165) is 12.8 Å². The van der Waals surface area contributed by atoms with E-state index in [1.165, 1.54) is 16.2 Å². The fourth-order valence-corrected chi connectivity index (χ4v) is 6.02. The van der Waals surface area contributed by atoms with Gasteiger partial charge >= 0.3 is 12.1 Å². The number of benzene rings is 1. The monoisotopic (exact) mass is 586 g/mol. The summed E-state index contributed by atoms with van der Waals surface area (Å²) >= 11 is 1.21. The third kappa shape index (κ3) is 5.57. The number of amides is 4. The minimum atomic E-state index is -0.600. The molecule has 4 aromatic rings. The predicted octanol–water partition coefficient (Wildman–Crippen LogP) is 6.30. The van der Waals surface area contributed by atoms with Gasteiger partial charge in [0.25, 0.3) is 5.91 Å². The second kappa shape index (κ2) is 10.9. The maximum absolute atomic E-state index is 13.5.